The van der Waals surface area contributed by atoms with Gasteiger partial charge in [0.2, 0.25) is 6.43 Å². The minimum Gasteiger partial charge on any atom is -0.491 e. The largest absolute Gasteiger partial charge is 0.491 e. The molecule has 6 nitrogen and oxygen atoms in total. The number of rotatable bonds is 6. The Kier molecular flexibility index (Phi) is 6.08. The second kappa shape index (κ2) is 8.90. The first kappa shape index (κ1) is 19.8. The van der Waals surface area contributed by atoms with Gasteiger partial charge in [0.15, 0.2) is 0 Å². The molecule has 29 heavy (non-hydrogen) atoms. The van der Waals surface area contributed by atoms with Gasteiger partial charge in [-0.1, -0.05) is 0 Å². The van der Waals surface area contributed by atoms with Crippen LogP contribution >= 0.6 is 0 Å². The number of benzene rings is 1. The van der Waals surface area contributed by atoms with Crippen molar-refractivity contribution in [2.45, 2.75) is 57.2 Å². The predicted octanol–water partition coefficient (Wildman–Crippen LogP) is 3.66. The number of hydrogen-bond donors (Lipinski definition) is 1. The molecule has 2 aliphatic rings. The minimum absolute atomic E-state index is 0.00633. The standard InChI is InChI=1S/C21H25F2N3O3/c22-20(23)7-9-28-16-4-2-15(3-5-16)25-21(27)14-1-6-19-17(11-14)18-12-24-13-26(18)8-10-29-19/h1,6,11-13,15-16,20H,2-5,7-10H2,(H,25,27). The highest BCUT2D eigenvalue weighted by atomic mass is 19.3. The molecule has 0 radical (unpaired) electrons. The highest BCUT2D eigenvalue weighted by Crippen LogP contribution is 2.33. The molecule has 2 aromatic rings. The van der Waals surface area contributed by atoms with Gasteiger partial charge in [-0.25, -0.2) is 13.8 Å². The van der Waals surface area contributed by atoms with Gasteiger partial charge < -0.3 is 19.4 Å². The molecule has 1 aliphatic carbocycles. The number of amides is 1. The predicted molar refractivity (Wildman–Crippen MR) is 103 cm³/mol. The summed E-state index contributed by atoms with van der Waals surface area (Å²) in [6.45, 7) is 1.37. The molecule has 156 valence electrons. The second-order valence-corrected chi connectivity index (χ2v) is 7.53. The van der Waals surface area contributed by atoms with Gasteiger partial charge >= 0.3 is 0 Å². The van der Waals surface area contributed by atoms with Crippen LogP contribution in [0.5, 0.6) is 5.75 Å². The van der Waals surface area contributed by atoms with E-state index in [2.05, 4.69) is 10.3 Å². The van der Waals surface area contributed by atoms with Crippen LogP contribution in [0.1, 0.15) is 42.5 Å². The summed E-state index contributed by atoms with van der Waals surface area (Å²) in [4.78, 5) is 17.0. The van der Waals surface area contributed by atoms with Gasteiger partial charge in [0.25, 0.3) is 5.91 Å². The average molecular weight is 405 g/mol. The zero-order valence-corrected chi connectivity index (χ0v) is 16.2. The normalized spacial score (nSPS) is 21.1. The van der Waals surface area contributed by atoms with Crippen molar-refractivity contribution in [1.29, 1.82) is 0 Å². The number of imidazole rings is 1. The zero-order valence-electron chi connectivity index (χ0n) is 16.2. The van der Waals surface area contributed by atoms with E-state index < -0.39 is 6.43 Å². The maximum Gasteiger partial charge on any atom is 0.251 e. The van der Waals surface area contributed by atoms with E-state index in [1.807, 2.05) is 16.7 Å². The Morgan fingerprint density at radius 1 is 1.31 bits per heavy atom. The summed E-state index contributed by atoms with van der Waals surface area (Å²) in [7, 11) is 0. The van der Waals surface area contributed by atoms with Crippen molar-refractivity contribution in [3.8, 4) is 17.0 Å². The first-order valence-corrected chi connectivity index (χ1v) is 10.1. The minimum atomic E-state index is -2.32. The fourth-order valence-corrected chi connectivity index (χ4v) is 3.94. The number of fused-ring (bicyclic) bond motifs is 3. The van der Waals surface area contributed by atoms with Gasteiger partial charge in [0, 0.05) is 23.6 Å². The van der Waals surface area contributed by atoms with Crippen LogP contribution in [0, 0.1) is 0 Å². The molecular formula is C21H25F2N3O3. The summed E-state index contributed by atoms with van der Waals surface area (Å²) < 4.78 is 37.7. The van der Waals surface area contributed by atoms with E-state index in [1.54, 1.807) is 18.6 Å². The number of nitrogens with zero attached hydrogens (tertiary/aromatic N) is 2. The van der Waals surface area contributed by atoms with Crippen molar-refractivity contribution in [3.63, 3.8) is 0 Å². The Hall–Kier alpha value is -2.48. The highest BCUT2D eigenvalue weighted by Gasteiger charge is 2.24. The molecule has 8 heteroatoms. The molecule has 1 aromatic heterocycles. The van der Waals surface area contributed by atoms with E-state index in [9.17, 15) is 13.6 Å². The fourth-order valence-electron chi connectivity index (χ4n) is 3.94. The third-order valence-corrected chi connectivity index (χ3v) is 5.52. The Balaban J connectivity index is 1.35. The van der Waals surface area contributed by atoms with Gasteiger partial charge in [-0.3, -0.25) is 4.79 Å². The van der Waals surface area contributed by atoms with Gasteiger partial charge in [0.05, 0.1) is 37.5 Å². The number of carbonyl (C=O) groups is 1. The third kappa shape index (κ3) is 4.75. The number of halogens is 2. The maximum absolute atomic E-state index is 12.8. The van der Waals surface area contributed by atoms with Crippen LogP contribution in [0.3, 0.4) is 0 Å². The van der Waals surface area contributed by atoms with Gasteiger partial charge in [0.1, 0.15) is 12.4 Å². The van der Waals surface area contributed by atoms with Gasteiger partial charge in [-0.2, -0.15) is 0 Å². The SMILES string of the molecule is O=C(NC1CCC(OCCC(F)F)CC1)c1ccc2c(c1)-c1cncn1CCO2. The van der Waals surface area contributed by atoms with Crippen LogP contribution in [0.25, 0.3) is 11.3 Å². The Labute approximate surface area is 168 Å². The van der Waals surface area contributed by atoms with Crippen molar-refractivity contribution in [2.75, 3.05) is 13.2 Å². The topological polar surface area (TPSA) is 65.4 Å². The van der Waals surface area contributed by atoms with Crippen LogP contribution in [-0.2, 0) is 11.3 Å². The summed E-state index contributed by atoms with van der Waals surface area (Å²) in [6.07, 6.45) is 4.11. The first-order valence-electron chi connectivity index (χ1n) is 10.1. The van der Waals surface area contributed by atoms with Crippen molar-refractivity contribution in [3.05, 3.63) is 36.3 Å². The Morgan fingerprint density at radius 3 is 2.93 bits per heavy atom. The number of nitrogens with one attached hydrogen (secondary N) is 1. The summed E-state index contributed by atoms with van der Waals surface area (Å²) in [6, 6.07) is 5.53. The monoisotopic (exact) mass is 405 g/mol. The number of hydrogen-bond acceptors (Lipinski definition) is 4. The molecule has 4 rings (SSSR count). The number of alkyl halides is 2. The lowest BCUT2D eigenvalue weighted by atomic mass is 9.92. The van der Waals surface area contributed by atoms with Crippen LogP contribution < -0.4 is 10.1 Å². The van der Waals surface area contributed by atoms with E-state index in [-0.39, 0.29) is 31.1 Å². The summed E-state index contributed by atoms with van der Waals surface area (Å²) in [5.74, 6) is 0.632. The highest BCUT2D eigenvalue weighted by molar-refractivity contribution is 5.96. The molecule has 1 aliphatic heterocycles. The lowest BCUT2D eigenvalue weighted by molar-refractivity contribution is -0.000862. The Morgan fingerprint density at radius 2 is 2.14 bits per heavy atom. The maximum atomic E-state index is 12.8. The fraction of sp³-hybridized carbons (Fsp3) is 0.524. The molecule has 0 bridgehead atoms. The first-order chi connectivity index (χ1) is 14.1. The third-order valence-electron chi connectivity index (χ3n) is 5.52. The van der Waals surface area contributed by atoms with Crippen LogP contribution in [0.2, 0.25) is 0 Å². The molecule has 0 spiro atoms. The van der Waals surface area contributed by atoms with Crippen LogP contribution in [0.15, 0.2) is 30.7 Å². The molecule has 1 amide bonds. The molecule has 1 saturated carbocycles. The second-order valence-electron chi connectivity index (χ2n) is 7.53. The summed E-state index contributed by atoms with van der Waals surface area (Å²) in [5, 5.41) is 3.09. The number of aromatic nitrogens is 2. The van der Waals surface area contributed by atoms with Gasteiger partial charge in [-0.05, 0) is 43.9 Å². The van der Waals surface area contributed by atoms with Crippen LogP contribution in [-0.4, -0.2) is 47.2 Å². The molecular weight excluding hydrogens is 380 g/mol. The lowest BCUT2D eigenvalue weighted by Crippen LogP contribution is -2.39. The van der Waals surface area contributed by atoms with E-state index in [0.717, 1.165) is 42.7 Å². The molecule has 2 heterocycles. The van der Waals surface area contributed by atoms with Crippen molar-refractivity contribution >= 4 is 5.91 Å². The van der Waals surface area contributed by atoms with E-state index in [4.69, 9.17) is 9.47 Å². The van der Waals surface area contributed by atoms with E-state index in [1.165, 1.54) is 0 Å². The molecule has 1 fully saturated rings. The average Bonchev–Trinajstić information content (AvgIpc) is 3.10. The van der Waals surface area contributed by atoms with Crippen molar-refractivity contribution in [2.24, 2.45) is 0 Å². The summed E-state index contributed by atoms with van der Waals surface area (Å²) in [5.41, 5.74) is 2.38. The smallest absolute Gasteiger partial charge is 0.251 e. The molecule has 1 aromatic carbocycles. The molecule has 0 saturated heterocycles. The quantitative estimate of drug-likeness (QED) is 0.797. The molecule has 1 N–H and O–H groups in total. The molecule has 0 unspecified atom stereocenters. The number of carbonyl (C=O) groups excluding carboxylic acids is 1. The number of ether oxygens (including phenoxy) is 2. The lowest BCUT2D eigenvalue weighted by Gasteiger charge is -2.29. The zero-order chi connectivity index (χ0) is 20.2. The van der Waals surface area contributed by atoms with Crippen molar-refractivity contribution in [1.82, 2.24) is 14.9 Å². The summed E-state index contributed by atoms with van der Waals surface area (Å²) >= 11 is 0. The van der Waals surface area contributed by atoms with E-state index in [0.29, 0.717) is 18.7 Å². The van der Waals surface area contributed by atoms with Crippen molar-refractivity contribution < 1.29 is 23.0 Å². The van der Waals surface area contributed by atoms with Gasteiger partial charge in [-0.15, -0.1) is 0 Å². The van der Waals surface area contributed by atoms with E-state index >= 15 is 0 Å². The van der Waals surface area contributed by atoms with Crippen LogP contribution in [0.4, 0.5) is 8.78 Å². The Bertz CT molecular complexity index is 847. The molecule has 0 atom stereocenters.